The Kier molecular flexibility index (Phi) is 7.16. The predicted octanol–water partition coefficient (Wildman–Crippen LogP) is -0.643. The van der Waals surface area contributed by atoms with E-state index >= 15 is 0 Å². The normalized spacial score (nSPS) is 20.5. The summed E-state index contributed by atoms with van der Waals surface area (Å²) in [6.07, 6.45) is 1.07. The Morgan fingerprint density at radius 2 is 2.26 bits per heavy atom. The minimum atomic E-state index is -4.70. The van der Waals surface area contributed by atoms with E-state index in [1.165, 1.54) is 25.1 Å². The Hall–Kier alpha value is -1.74. The summed E-state index contributed by atoms with van der Waals surface area (Å²) in [5.41, 5.74) is 10.9. The van der Waals surface area contributed by atoms with Gasteiger partial charge in [-0.2, -0.15) is 20.2 Å². The Morgan fingerprint density at radius 3 is 2.78 bits per heavy atom. The Bertz CT molecular complexity index is 839. The van der Waals surface area contributed by atoms with E-state index in [1.807, 2.05) is 0 Å². The average Bonchev–Trinajstić information content (AvgIpc) is 3.01. The van der Waals surface area contributed by atoms with Crippen LogP contribution in [0, 0.1) is 5.92 Å². The number of aromatic nitrogens is 1. The fourth-order valence-corrected chi connectivity index (χ4v) is 5.23. The molecule has 1 aromatic rings. The molecule has 0 aliphatic carbocycles. The Labute approximate surface area is 164 Å². The first-order valence-corrected chi connectivity index (χ1v) is 11.0. The maximum Gasteiger partial charge on any atom is 0.362 e. The maximum atomic E-state index is 12.6. The van der Waals surface area contributed by atoms with E-state index in [2.05, 4.69) is 15.0 Å². The van der Waals surface area contributed by atoms with Crippen molar-refractivity contribution in [2.24, 2.45) is 16.8 Å². The van der Waals surface area contributed by atoms with Gasteiger partial charge in [-0.05, 0) is 0 Å². The van der Waals surface area contributed by atoms with Crippen LogP contribution in [0.2, 0.25) is 0 Å². The first kappa shape index (κ1) is 21.6. The second-order valence-corrected chi connectivity index (χ2v) is 8.96. The molecule has 0 spiro atoms. The van der Waals surface area contributed by atoms with Gasteiger partial charge in [-0.15, -0.1) is 0 Å². The molecule has 0 unspecified atom stereocenters. The molecule has 150 valence electrons. The smallest absolute Gasteiger partial charge is 0.362 e. The summed E-state index contributed by atoms with van der Waals surface area (Å²) in [5, 5.41) is 3.91. The molecule has 0 bridgehead atoms. The van der Waals surface area contributed by atoms with Crippen molar-refractivity contribution < 1.29 is 27.4 Å². The molecule has 0 aromatic carbocycles. The fourth-order valence-electron chi connectivity index (χ4n) is 2.57. The molecule has 1 amide bonds. The number of nitrogens with two attached hydrogens (primary N) is 2. The van der Waals surface area contributed by atoms with Crippen LogP contribution in [-0.2, 0) is 24.7 Å². The van der Waals surface area contributed by atoms with Gasteiger partial charge in [0.2, 0.25) is 5.91 Å². The SMILES string of the molecule is CO/N=C(\C(=O)C[C@@H]1C(=O)N(S(=O)(=O)O)[C@H]1CSCCN)c1cnc(N)s1. The number of carbonyl (C=O) groups excluding carboxylic acids is 2. The summed E-state index contributed by atoms with van der Waals surface area (Å²) in [4.78, 5) is 33.7. The molecule has 2 rings (SSSR count). The number of rotatable bonds is 10. The van der Waals surface area contributed by atoms with E-state index in [9.17, 15) is 22.6 Å². The van der Waals surface area contributed by atoms with Crippen LogP contribution in [0.15, 0.2) is 11.4 Å². The average molecular weight is 438 g/mol. The van der Waals surface area contributed by atoms with Crippen LogP contribution < -0.4 is 11.5 Å². The molecule has 2 heterocycles. The Balaban J connectivity index is 2.18. The molecule has 1 fully saturated rings. The fraction of sp³-hybridized carbons (Fsp3) is 0.538. The van der Waals surface area contributed by atoms with Gasteiger partial charge in [0.05, 0.1) is 16.8 Å². The number of ketones is 1. The number of anilines is 1. The first-order chi connectivity index (χ1) is 12.7. The molecule has 2 atom stereocenters. The molecule has 1 aliphatic heterocycles. The second-order valence-electron chi connectivity index (χ2n) is 5.46. The number of amides is 1. The van der Waals surface area contributed by atoms with Crippen molar-refractivity contribution in [3.63, 3.8) is 0 Å². The summed E-state index contributed by atoms with van der Waals surface area (Å²) < 4.78 is 32.5. The van der Waals surface area contributed by atoms with E-state index in [1.54, 1.807) is 0 Å². The van der Waals surface area contributed by atoms with Gasteiger partial charge < -0.3 is 16.3 Å². The van der Waals surface area contributed by atoms with Crippen LogP contribution in [0.3, 0.4) is 0 Å². The van der Waals surface area contributed by atoms with Gasteiger partial charge in [0, 0.05) is 30.7 Å². The van der Waals surface area contributed by atoms with Gasteiger partial charge in [-0.1, -0.05) is 16.5 Å². The van der Waals surface area contributed by atoms with E-state index in [-0.39, 0.29) is 23.0 Å². The molecule has 1 aromatic heterocycles. The number of nitrogen functional groups attached to an aromatic ring is 1. The zero-order valence-corrected chi connectivity index (χ0v) is 16.7. The first-order valence-electron chi connectivity index (χ1n) is 7.65. The maximum absolute atomic E-state index is 12.6. The van der Waals surface area contributed by atoms with Gasteiger partial charge in [0.15, 0.2) is 16.6 Å². The molecular formula is C13H19N5O6S3. The van der Waals surface area contributed by atoms with Gasteiger partial charge in [-0.3, -0.25) is 14.1 Å². The summed E-state index contributed by atoms with van der Waals surface area (Å²) in [5.74, 6) is -1.52. The lowest BCUT2D eigenvalue weighted by Crippen LogP contribution is -2.64. The van der Waals surface area contributed by atoms with Crippen molar-refractivity contribution in [1.82, 2.24) is 9.29 Å². The van der Waals surface area contributed by atoms with E-state index in [4.69, 9.17) is 11.5 Å². The molecule has 0 saturated carbocycles. The molecule has 27 heavy (non-hydrogen) atoms. The van der Waals surface area contributed by atoms with Crippen molar-refractivity contribution >= 4 is 55.9 Å². The summed E-state index contributed by atoms with van der Waals surface area (Å²) in [7, 11) is -3.44. The molecule has 14 heteroatoms. The number of hydrogen-bond acceptors (Lipinski definition) is 11. The summed E-state index contributed by atoms with van der Waals surface area (Å²) >= 11 is 2.35. The van der Waals surface area contributed by atoms with Crippen LogP contribution in [0.4, 0.5) is 5.13 Å². The lowest BCUT2D eigenvalue weighted by molar-refractivity contribution is -0.147. The Morgan fingerprint density at radius 1 is 1.56 bits per heavy atom. The van der Waals surface area contributed by atoms with Gasteiger partial charge in [0.25, 0.3) is 0 Å². The van der Waals surface area contributed by atoms with Crippen LogP contribution >= 0.6 is 23.1 Å². The molecule has 5 N–H and O–H groups in total. The van der Waals surface area contributed by atoms with Gasteiger partial charge in [-0.25, -0.2) is 9.29 Å². The number of Topliss-reactive ketones (excluding diaryl/α,β-unsaturated/α-hetero) is 1. The predicted molar refractivity (Wildman–Crippen MR) is 102 cm³/mol. The van der Waals surface area contributed by atoms with Crippen LogP contribution in [0.5, 0.6) is 0 Å². The highest BCUT2D eigenvalue weighted by Gasteiger charge is 2.53. The van der Waals surface area contributed by atoms with E-state index < -0.39 is 34.0 Å². The third kappa shape index (κ3) is 4.95. The third-order valence-electron chi connectivity index (χ3n) is 3.71. The number of oxime groups is 1. The summed E-state index contributed by atoms with van der Waals surface area (Å²) in [6, 6.07) is -0.844. The zero-order chi connectivity index (χ0) is 20.2. The number of thioether (sulfide) groups is 1. The van der Waals surface area contributed by atoms with Gasteiger partial charge >= 0.3 is 10.3 Å². The molecule has 1 saturated heterocycles. The van der Waals surface area contributed by atoms with Crippen molar-refractivity contribution in [3.8, 4) is 0 Å². The van der Waals surface area contributed by atoms with Crippen LogP contribution in [0.1, 0.15) is 11.3 Å². The number of carbonyl (C=O) groups is 2. The van der Waals surface area contributed by atoms with Crippen molar-refractivity contribution in [2.45, 2.75) is 12.5 Å². The standard InChI is InChI=1S/C13H19N5O6S3/c1-24-17-11(10-5-16-13(15)26-10)9(19)4-7-8(6-25-3-2-14)18(12(7)20)27(21,22)23/h5,7-8H,2-4,6,14H2,1H3,(H2,15,16)(H,21,22,23)/b17-11+/t7-,8-/m0/s1. The summed E-state index contributed by atoms with van der Waals surface area (Å²) in [6.45, 7) is 0.373. The van der Waals surface area contributed by atoms with Gasteiger partial charge in [0.1, 0.15) is 7.11 Å². The number of thiazole rings is 1. The van der Waals surface area contributed by atoms with Crippen molar-refractivity contribution in [3.05, 3.63) is 11.1 Å². The van der Waals surface area contributed by atoms with E-state index in [0.717, 1.165) is 11.3 Å². The lowest BCUT2D eigenvalue weighted by Gasteiger charge is -2.43. The number of nitrogens with zero attached hydrogens (tertiary/aromatic N) is 3. The molecule has 0 radical (unpaired) electrons. The van der Waals surface area contributed by atoms with Crippen molar-refractivity contribution in [2.75, 3.05) is 30.9 Å². The quantitative estimate of drug-likeness (QED) is 0.140. The number of hydrogen-bond donors (Lipinski definition) is 3. The van der Waals surface area contributed by atoms with E-state index in [0.29, 0.717) is 21.5 Å². The van der Waals surface area contributed by atoms with Crippen molar-refractivity contribution in [1.29, 1.82) is 0 Å². The minimum Gasteiger partial charge on any atom is -0.399 e. The highest BCUT2D eigenvalue weighted by molar-refractivity contribution is 7.99. The largest absolute Gasteiger partial charge is 0.399 e. The van der Waals surface area contributed by atoms with Crippen LogP contribution in [0.25, 0.3) is 0 Å². The highest BCUT2D eigenvalue weighted by Crippen LogP contribution is 2.34. The molecular weight excluding hydrogens is 418 g/mol. The minimum absolute atomic E-state index is 0.0573. The van der Waals surface area contributed by atoms with Crippen LogP contribution in [-0.4, -0.2) is 70.9 Å². The zero-order valence-electron chi connectivity index (χ0n) is 14.3. The highest BCUT2D eigenvalue weighted by atomic mass is 32.2. The third-order valence-corrected chi connectivity index (χ3v) is 6.59. The monoisotopic (exact) mass is 437 g/mol. The number of β-lactam (4-membered cyclic amide) rings is 1. The molecule has 11 nitrogen and oxygen atoms in total. The molecule has 1 aliphatic rings. The lowest BCUT2D eigenvalue weighted by atomic mass is 9.86. The topological polar surface area (TPSA) is 178 Å². The second kappa shape index (κ2) is 8.97.